The molecule has 3 rings (SSSR count). The van der Waals surface area contributed by atoms with Crippen molar-refractivity contribution in [3.05, 3.63) is 64.5 Å². The van der Waals surface area contributed by atoms with Gasteiger partial charge in [0.25, 0.3) is 5.91 Å². The smallest absolute Gasteiger partial charge is 0.257 e. The molecule has 0 radical (unpaired) electrons. The molecule has 1 heterocycles. The van der Waals surface area contributed by atoms with E-state index in [1.165, 1.54) is 22.5 Å². The second-order valence-corrected chi connectivity index (χ2v) is 6.38. The van der Waals surface area contributed by atoms with Gasteiger partial charge in [-0.3, -0.25) is 10.1 Å². The largest absolute Gasteiger partial charge is 0.497 e. The quantitative estimate of drug-likeness (QED) is 0.751. The van der Waals surface area contributed by atoms with Gasteiger partial charge in [0.1, 0.15) is 5.75 Å². The lowest BCUT2D eigenvalue weighted by molar-refractivity contribution is 0.102. The predicted molar refractivity (Wildman–Crippen MR) is 98.0 cm³/mol. The normalized spacial score (nSPS) is 10.5. The molecule has 1 aromatic heterocycles. The standard InChI is InChI=1S/C19H18N2O2S/c1-12-4-5-15(10-13(12)2)17-11-24-19(20-17)21-18(22)14-6-8-16(23-3)9-7-14/h4-11H,1-3H3,(H,20,21,22). The molecule has 0 spiro atoms. The summed E-state index contributed by atoms with van der Waals surface area (Å²) in [5.41, 5.74) is 4.97. The molecular weight excluding hydrogens is 320 g/mol. The summed E-state index contributed by atoms with van der Waals surface area (Å²) < 4.78 is 5.10. The number of aryl methyl sites for hydroxylation is 2. The highest BCUT2D eigenvalue weighted by Gasteiger charge is 2.10. The second kappa shape index (κ2) is 6.84. The first-order chi connectivity index (χ1) is 11.6. The predicted octanol–water partition coefficient (Wildman–Crippen LogP) is 4.69. The van der Waals surface area contributed by atoms with Crippen molar-refractivity contribution in [2.45, 2.75) is 13.8 Å². The highest BCUT2D eigenvalue weighted by Crippen LogP contribution is 2.26. The van der Waals surface area contributed by atoms with E-state index in [-0.39, 0.29) is 5.91 Å². The van der Waals surface area contributed by atoms with Crippen molar-refractivity contribution in [2.75, 3.05) is 12.4 Å². The Balaban J connectivity index is 1.75. The number of aromatic nitrogens is 1. The van der Waals surface area contributed by atoms with Crippen molar-refractivity contribution in [3.63, 3.8) is 0 Å². The average molecular weight is 338 g/mol. The van der Waals surface area contributed by atoms with E-state index < -0.39 is 0 Å². The van der Waals surface area contributed by atoms with Gasteiger partial charge in [0, 0.05) is 16.5 Å². The van der Waals surface area contributed by atoms with Gasteiger partial charge in [-0.1, -0.05) is 12.1 Å². The first kappa shape index (κ1) is 16.2. The van der Waals surface area contributed by atoms with Crippen molar-refractivity contribution >= 4 is 22.4 Å². The lowest BCUT2D eigenvalue weighted by Gasteiger charge is -2.04. The summed E-state index contributed by atoms with van der Waals surface area (Å²) in [7, 11) is 1.60. The molecule has 0 unspecified atom stereocenters. The Morgan fingerprint density at radius 3 is 2.50 bits per heavy atom. The Morgan fingerprint density at radius 2 is 1.83 bits per heavy atom. The summed E-state index contributed by atoms with van der Waals surface area (Å²) in [6.07, 6.45) is 0. The number of amides is 1. The number of carbonyl (C=O) groups excluding carboxylic acids is 1. The maximum absolute atomic E-state index is 12.3. The van der Waals surface area contributed by atoms with Gasteiger partial charge in [-0.15, -0.1) is 11.3 Å². The molecule has 0 aliphatic rings. The number of hydrogen-bond acceptors (Lipinski definition) is 4. The molecule has 122 valence electrons. The van der Waals surface area contributed by atoms with Gasteiger partial charge in [-0.25, -0.2) is 4.98 Å². The van der Waals surface area contributed by atoms with Gasteiger partial charge in [0.2, 0.25) is 0 Å². The van der Waals surface area contributed by atoms with Crippen molar-refractivity contribution in [2.24, 2.45) is 0 Å². The molecule has 0 aliphatic heterocycles. The van der Waals surface area contributed by atoms with Crippen LogP contribution in [0, 0.1) is 13.8 Å². The molecular formula is C19H18N2O2S. The molecule has 0 aliphatic carbocycles. The van der Waals surface area contributed by atoms with Crippen LogP contribution >= 0.6 is 11.3 Å². The van der Waals surface area contributed by atoms with E-state index in [1.54, 1.807) is 31.4 Å². The summed E-state index contributed by atoms with van der Waals surface area (Å²) in [6, 6.07) is 13.2. The average Bonchev–Trinajstić information content (AvgIpc) is 3.06. The van der Waals surface area contributed by atoms with E-state index in [2.05, 4.69) is 36.3 Å². The second-order valence-electron chi connectivity index (χ2n) is 5.52. The Kier molecular flexibility index (Phi) is 4.62. The maximum Gasteiger partial charge on any atom is 0.257 e. The number of hydrogen-bond donors (Lipinski definition) is 1. The van der Waals surface area contributed by atoms with E-state index >= 15 is 0 Å². The Bertz CT molecular complexity index is 869. The number of anilines is 1. The zero-order valence-electron chi connectivity index (χ0n) is 13.8. The van der Waals surface area contributed by atoms with Crippen molar-refractivity contribution in [1.82, 2.24) is 4.98 Å². The summed E-state index contributed by atoms with van der Waals surface area (Å²) in [5.74, 6) is 0.538. The van der Waals surface area contributed by atoms with Gasteiger partial charge >= 0.3 is 0 Å². The zero-order chi connectivity index (χ0) is 17.1. The molecule has 0 bridgehead atoms. The number of ether oxygens (including phenoxy) is 1. The number of nitrogens with one attached hydrogen (secondary N) is 1. The fraction of sp³-hybridized carbons (Fsp3) is 0.158. The highest BCUT2D eigenvalue weighted by atomic mass is 32.1. The van der Waals surface area contributed by atoms with Crippen LogP contribution in [0.1, 0.15) is 21.5 Å². The molecule has 2 aromatic carbocycles. The van der Waals surface area contributed by atoms with Crippen molar-refractivity contribution in [1.29, 1.82) is 0 Å². The third-order valence-electron chi connectivity index (χ3n) is 3.88. The molecule has 1 amide bonds. The van der Waals surface area contributed by atoms with Gasteiger partial charge in [0.05, 0.1) is 12.8 Å². The number of benzene rings is 2. The third kappa shape index (κ3) is 3.46. The van der Waals surface area contributed by atoms with Gasteiger partial charge in [0.15, 0.2) is 5.13 Å². The summed E-state index contributed by atoms with van der Waals surface area (Å²) in [5, 5.41) is 5.38. The van der Waals surface area contributed by atoms with Crippen LogP contribution in [-0.2, 0) is 0 Å². The molecule has 0 atom stereocenters. The SMILES string of the molecule is COc1ccc(C(=O)Nc2nc(-c3ccc(C)c(C)c3)cs2)cc1. The molecule has 5 heteroatoms. The number of carbonyl (C=O) groups is 1. The molecule has 4 nitrogen and oxygen atoms in total. The lowest BCUT2D eigenvalue weighted by Crippen LogP contribution is -2.11. The molecule has 1 N–H and O–H groups in total. The number of rotatable bonds is 4. The van der Waals surface area contributed by atoms with Crippen LogP contribution in [0.5, 0.6) is 5.75 Å². The third-order valence-corrected chi connectivity index (χ3v) is 4.64. The van der Waals surface area contributed by atoms with E-state index in [1.807, 2.05) is 11.4 Å². The van der Waals surface area contributed by atoms with Crippen LogP contribution in [0.15, 0.2) is 47.8 Å². The van der Waals surface area contributed by atoms with Crippen LogP contribution in [0.4, 0.5) is 5.13 Å². The van der Waals surface area contributed by atoms with Gasteiger partial charge < -0.3 is 4.74 Å². The van der Waals surface area contributed by atoms with Crippen LogP contribution < -0.4 is 10.1 Å². The topological polar surface area (TPSA) is 51.2 Å². The number of methoxy groups -OCH3 is 1. The van der Waals surface area contributed by atoms with E-state index in [0.29, 0.717) is 10.7 Å². The molecule has 24 heavy (non-hydrogen) atoms. The molecule has 0 saturated heterocycles. The number of thiazole rings is 1. The fourth-order valence-electron chi connectivity index (χ4n) is 2.28. The lowest BCUT2D eigenvalue weighted by atomic mass is 10.1. The van der Waals surface area contributed by atoms with Crippen LogP contribution in [0.3, 0.4) is 0 Å². The molecule has 0 fully saturated rings. The first-order valence-corrected chi connectivity index (χ1v) is 8.43. The zero-order valence-corrected chi connectivity index (χ0v) is 14.6. The summed E-state index contributed by atoms with van der Waals surface area (Å²) in [6.45, 7) is 4.16. The first-order valence-electron chi connectivity index (χ1n) is 7.55. The van der Waals surface area contributed by atoms with Crippen LogP contribution in [0.2, 0.25) is 0 Å². The minimum Gasteiger partial charge on any atom is -0.497 e. The maximum atomic E-state index is 12.3. The fourth-order valence-corrected chi connectivity index (χ4v) is 2.99. The van der Waals surface area contributed by atoms with E-state index in [0.717, 1.165) is 17.0 Å². The van der Waals surface area contributed by atoms with Crippen molar-refractivity contribution < 1.29 is 9.53 Å². The van der Waals surface area contributed by atoms with Gasteiger partial charge in [-0.05, 0) is 55.3 Å². The van der Waals surface area contributed by atoms with Gasteiger partial charge in [-0.2, -0.15) is 0 Å². The molecule has 3 aromatic rings. The summed E-state index contributed by atoms with van der Waals surface area (Å²) >= 11 is 1.42. The van der Waals surface area contributed by atoms with Crippen LogP contribution in [-0.4, -0.2) is 18.0 Å². The van der Waals surface area contributed by atoms with E-state index in [9.17, 15) is 4.79 Å². The monoisotopic (exact) mass is 338 g/mol. The minimum atomic E-state index is -0.182. The Hall–Kier alpha value is -2.66. The van der Waals surface area contributed by atoms with Crippen molar-refractivity contribution in [3.8, 4) is 17.0 Å². The Labute approximate surface area is 145 Å². The Morgan fingerprint density at radius 1 is 1.08 bits per heavy atom. The minimum absolute atomic E-state index is 0.182. The molecule has 0 saturated carbocycles. The summed E-state index contributed by atoms with van der Waals surface area (Å²) in [4.78, 5) is 16.8. The van der Waals surface area contributed by atoms with Crippen LogP contribution in [0.25, 0.3) is 11.3 Å². The highest BCUT2D eigenvalue weighted by molar-refractivity contribution is 7.14. The number of nitrogens with zero attached hydrogens (tertiary/aromatic N) is 1. The van der Waals surface area contributed by atoms with E-state index in [4.69, 9.17) is 4.74 Å².